The molecule has 0 amide bonds. The lowest BCUT2D eigenvalue weighted by Crippen LogP contribution is -2.27. The van der Waals surface area contributed by atoms with Gasteiger partial charge in [-0.2, -0.15) is 5.10 Å². The lowest BCUT2D eigenvalue weighted by Gasteiger charge is -2.26. The first-order valence-electron chi connectivity index (χ1n) is 14.5. The number of aromatic carboxylic acids is 1. The second-order valence-corrected chi connectivity index (χ2v) is 11.1. The summed E-state index contributed by atoms with van der Waals surface area (Å²) in [6.45, 7) is 4.52. The van der Waals surface area contributed by atoms with Crippen molar-refractivity contribution in [2.45, 2.75) is 57.3 Å². The normalized spacial score (nSPS) is 17.1. The average molecular weight is 536 g/mol. The standard InChI is InChI=1S/C34H37N3O3/c1-3-23-18-22(10-13-29(23)24-14-16-35-17-15-24)19-27-12-11-25-6-5-9-30(32(25)27)26-7-4-8-28(20-26)37-33(40-2)31(21-36-37)34(38)39/h4-10,13,18,20-21,24,27,35H,3,11-12,14-17,19H2,1-2H3,(H,38,39)/t27-/m0/s1. The fraction of sp³-hybridized carbons (Fsp3) is 0.353. The molecular weight excluding hydrogens is 498 g/mol. The third-order valence-corrected chi connectivity index (χ3v) is 8.77. The Balaban J connectivity index is 1.31. The molecule has 0 saturated carbocycles. The number of hydrogen-bond acceptors (Lipinski definition) is 4. The number of fused-ring (bicyclic) bond motifs is 1. The molecule has 1 atom stereocenters. The van der Waals surface area contributed by atoms with E-state index in [2.05, 4.69) is 65.9 Å². The zero-order valence-electron chi connectivity index (χ0n) is 23.3. The maximum Gasteiger partial charge on any atom is 0.342 e. The number of carboxylic acid groups (broad SMARTS) is 1. The van der Waals surface area contributed by atoms with E-state index in [-0.39, 0.29) is 11.4 Å². The molecule has 0 spiro atoms. The number of piperidine rings is 1. The predicted molar refractivity (Wildman–Crippen MR) is 158 cm³/mol. The van der Waals surface area contributed by atoms with Gasteiger partial charge in [0.15, 0.2) is 0 Å². The molecule has 40 heavy (non-hydrogen) atoms. The highest BCUT2D eigenvalue weighted by Crippen LogP contribution is 2.42. The Morgan fingerprint density at radius 1 is 1.07 bits per heavy atom. The highest BCUT2D eigenvalue weighted by Gasteiger charge is 2.27. The summed E-state index contributed by atoms with van der Waals surface area (Å²) < 4.78 is 6.98. The topological polar surface area (TPSA) is 76.4 Å². The molecule has 6 nitrogen and oxygen atoms in total. The van der Waals surface area contributed by atoms with Gasteiger partial charge in [-0.25, -0.2) is 9.48 Å². The molecular formula is C34H37N3O3. The molecule has 1 aliphatic heterocycles. The summed E-state index contributed by atoms with van der Waals surface area (Å²) in [6, 6.07) is 22.1. The molecule has 1 saturated heterocycles. The summed E-state index contributed by atoms with van der Waals surface area (Å²) >= 11 is 0. The van der Waals surface area contributed by atoms with Crippen LogP contribution >= 0.6 is 0 Å². The molecule has 206 valence electrons. The fourth-order valence-corrected chi connectivity index (χ4v) is 6.82. The quantitative estimate of drug-likeness (QED) is 0.268. The van der Waals surface area contributed by atoms with Gasteiger partial charge in [-0.15, -0.1) is 0 Å². The minimum Gasteiger partial charge on any atom is -0.480 e. The largest absolute Gasteiger partial charge is 0.480 e. The van der Waals surface area contributed by atoms with Crippen LogP contribution in [-0.2, 0) is 19.3 Å². The van der Waals surface area contributed by atoms with Crippen LogP contribution in [0.2, 0.25) is 0 Å². The third-order valence-electron chi connectivity index (χ3n) is 8.77. The van der Waals surface area contributed by atoms with Gasteiger partial charge >= 0.3 is 5.97 Å². The van der Waals surface area contributed by atoms with Crippen molar-refractivity contribution in [1.29, 1.82) is 0 Å². The SMILES string of the molecule is CCc1cc(C[C@@H]2CCc3cccc(-c4cccc(-n5ncc(C(=O)O)c5OC)c4)c32)ccc1C1CCNCC1. The van der Waals surface area contributed by atoms with Crippen LogP contribution in [0, 0.1) is 0 Å². The predicted octanol–water partition coefficient (Wildman–Crippen LogP) is 6.55. The van der Waals surface area contributed by atoms with E-state index in [0.29, 0.717) is 11.8 Å². The van der Waals surface area contributed by atoms with Crippen LogP contribution in [0.1, 0.15) is 76.2 Å². The van der Waals surface area contributed by atoms with E-state index in [4.69, 9.17) is 4.74 Å². The minimum atomic E-state index is -1.06. The van der Waals surface area contributed by atoms with Gasteiger partial charge in [-0.05, 0) is 115 Å². The second-order valence-electron chi connectivity index (χ2n) is 11.1. The summed E-state index contributed by atoms with van der Waals surface area (Å²) in [7, 11) is 1.47. The van der Waals surface area contributed by atoms with Gasteiger partial charge in [-0.1, -0.05) is 55.5 Å². The lowest BCUT2D eigenvalue weighted by atomic mass is 9.83. The molecule has 0 radical (unpaired) electrons. The molecule has 1 aromatic heterocycles. The van der Waals surface area contributed by atoms with Gasteiger partial charge < -0.3 is 15.2 Å². The molecule has 0 unspecified atom stereocenters. The van der Waals surface area contributed by atoms with Crippen LogP contribution in [0.5, 0.6) is 5.88 Å². The molecule has 1 aliphatic carbocycles. The van der Waals surface area contributed by atoms with Gasteiger partial charge in [0, 0.05) is 0 Å². The smallest absolute Gasteiger partial charge is 0.342 e. The van der Waals surface area contributed by atoms with Crippen LogP contribution in [-0.4, -0.2) is 41.1 Å². The maximum absolute atomic E-state index is 11.6. The van der Waals surface area contributed by atoms with Crippen LogP contribution in [0.4, 0.5) is 0 Å². The van der Waals surface area contributed by atoms with Gasteiger partial charge in [0.25, 0.3) is 0 Å². The Morgan fingerprint density at radius 2 is 1.90 bits per heavy atom. The molecule has 2 heterocycles. The van der Waals surface area contributed by atoms with Crippen molar-refractivity contribution in [3.63, 3.8) is 0 Å². The molecule has 3 aromatic carbocycles. The van der Waals surface area contributed by atoms with Gasteiger partial charge in [-0.3, -0.25) is 0 Å². The van der Waals surface area contributed by atoms with Crippen molar-refractivity contribution in [2.75, 3.05) is 20.2 Å². The summed E-state index contributed by atoms with van der Waals surface area (Å²) in [5.41, 5.74) is 10.5. The minimum absolute atomic E-state index is 0.0474. The summed E-state index contributed by atoms with van der Waals surface area (Å²) in [5.74, 6) is 0.303. The van der Waals surface area contributed by atoms with E-state index in [1.807, 2.05) is 12.1 Å². The first-order valence-corrected chi connectivity index (χ1v) is 14.5. The van der Waals surface area contributed by atoms with Crippen molar-refractivity contribution in [2.24, 2.45) is 0 Å². The van der Waals surface area contributed by atoms with Crippen molar-refractivity contribution < 1.29 is 14.6 Å². The number of carboxylic acids is 1. The summed E-state index contributed by atoms with van der Waals surface area (Å²) in [5, 5.41) is 17.3. The number of hydrogen-bond donors (Lipinski definition) is 2. The van der Waals surface area contributed by atoms with Crippen LogP contribution < -0.4 is 10.1 Å². The molecule has 2 N–H and O–H groups in total. The third kappa shape index (κ3) is 4.92. The van der Waals surface area contributed by atoms with E-state index in [1.54, 1.807) is 10.2 Å². The van der Waals surface area contributed by atoms with Gasteiger partial charge in [0.2, 0.25) is 5.88 Å². The zero-order chi connectivity index (χ0) is 27.6. The first kappa shape index (κ1) is 26.3. The fourth-order valence-electron chi connectivity index (χ4n) is 6.82. The first-order chi connectivity index (χ1) is 19.6. The maximum atomic E-state index is 11.6. The molecule has 1 fully saturated rings. The summed E-state index contributed by atoms with van der Waals surface area (Å²) in [4.78, 5) is 11.6. The number of ether oxygens (including phenoxy) is 1. The number of nitrogens with zero attached hydrogens (tertiary/aromatic N) is 2. The number of aryl methyl sites for hydroxylation is 2. The van der Waals surface area contributed by atoms with Crippen molar-refractivity contribution in [3.05, 3.63) is 100 Å². The number of nitrogens with one attached hydrogen (secondary N) is 1. The Bertz CT molecular complexity index is 1530. The Morgan fingerprint density at radius 3 is 2.67 bits per heavy atom. The van der Waals surface area contributed by atoms with Gasteiger partial charge in [0.05, 0.1) is 19.0 Å². The molecule has 0 bridgehead atoms. The van der Waals surface area contributed by atoms with Crippen molar-refractivity contribution in [3.8, 4) is 22.7 Å². The van der Waals surface area contributed by atoms with E-state index in [1.165, 1.54) is 54.0 Å². The molecule has 6 heteroatoms. The highest BCUT2D eigenvalue weighted by atomic mass is 16.5. The Kier molecular flexibility index (Phi) is 7.44. The molecule has 2 aliphatic rings. The number of benzene rings is 3. The van der Waals surface area contributed by atoms with Gasteiger partial charge in [0.1, 0.15) is 5.56 Å². The Hall–Kier alpha value is -3.90. The lowest BCUT2D eigenvalue weighted by molar-refractivity contribution is 0.0693. The molecule has 6 rings (SSSR count). The van der Waals surface area contributed by atoms with E-state index in [0.717, 1.165) is 50.0 Å². The van der Waals surface area contributed by atoms with Crippen LogP contribution in [0.15, 0.2) is 66.9 Å². The van der Waals surface area contributed by atoms with Crippen molar-refractivity contribution in [1.82, 2.24) is 15.1 Å². The van der Waals surface area contributed by atoms with E-state index >= 15 is 0 Å². The molecule has 4 aromatic rings. The van der Waals surface area contributed by atoms with Crippen molar-refractivity contribution >= 4 is 5.97 Å². The number of rotatable bonds is 8. The number of methoxy groups -OCH3 is 1. The second kappa shape index (κ2) is 11.3. The summed E-state index contributed by atoms with van der Waals surface area (Å²) in [6.07, 6.45) is 8.16. The monoisotopic (exact) mass is 535 g/mol. The number of carbonyl (C=O) groups is 1. The number of aromatic nitrogens is 2. The highest BCUT2D eigenvalue weighted by molar-refractivity contribution is 5.90. The van der Waals surface area contributed by atoms with Crippen LogP contribution in [0.25, 0.3) is 16.8 Å². The van der Waals surface area contributed by atoms with E-state index < -0.39 is 5.97 Å². The average Bonchev–Trinajstić information content (AvgIpc) is 3.62. The Labute approximate surface area is 236 Å². The van der Waals surface area contributed by atoms with Crippen LogP contribution in [0.3, 0.4) is 0 Å². The zero-order valence-corrected chi connectivity index (χ0v) is 23.3. The van der Waals surface area contributed by atoms with E-state index in [9.17, 15) is 9.90 Å².